The molecule has 5 heteroatoms. The Morgan fingerprint density at radius 1 is 0.968 bits per heavy atom. The van der Waals surface area contributed by atoms with Crippen LogP contribution in [-0.2, 0) is 21.6 Å². The number of ether oxygens (including phenoxy) is 1. The summed E-state index contributed by atoms with van der Waals surface area (Å²) in [6, 6.07) is 17.8. The third-order valence-corrected chi connectivity index (χ3v) is 4.99. The van der Waals surface area contributed by atoms with Crippen LogP contribution < -0.4 is 5.32 Å². The number of aromatic nitrogens is 2. The van der Waals surface area contributed by atoms with Crippen molar-refractivity contribution in [1.29, 1.82) is 0 Å². The number of carbonyl (C=O) groups excluding carboxylic acids is 1. The molecular formula is C26H31N3O2. The van der Waals surface area contributed by atoms with Gasteiger partial charge in [-0.05, 0) is 35.7 Å². The molecule has 162 valence electrons. The van der Waals surface area contributed by atoms with Crippen LogP contribution >= 0.6 is 0 Å². The van der Waals surface area contributed by atoms with E-state index in [1.807, 2.05) is 68.4 Å². The predicted octanol–water partition coefficient (Wildman–Crippen LogP) is 6.00. The molecule has 0 aliphatic rings. The van der Waals surface area contributed by atoms with Crippen LogP contribution in [0.4, 0.5) is 11.4 Å². The van der Waals surface area contributed by atoms with E-state index >= 15 is 0 Å². The fourth-order valence-corrected chi connectivity index (χ4v) is 3.35. The van der Waals surface area contributed by atoms with Gasteiger partial charge in [-0.1, -0.05) is 65.0 Å². The maximum Gasteiger partial charge on any atom is 0.314 e. The third kappa shape index (κ3) is 6.14. The number of hydrogen-bond acceptors (Lipinski definition) is 5. The molecule has 0 aliphatic carbocycles. The second-order valence-corrected chi connectivity index (χ2v) is 9.11. The van der Waals surface area contributed by atoms with Crippen LogP contribution in [-0.4, -0.2) is 15.9 Å². The second kappa shape index (κ2) is 9.73. The van der Waals surface area contributed by atoms with Crippen molar-refractivity contribution in [3.63, 3.8) is 0 Å². The quantitative estimate of drug-likeness (QED) is 0.478. The minimum atomic E-state index is -0.403. The van der Waals surface area contributed by atoms with Gasteiger partial charge in [0.25, 0.3) is 0 Å². The zero-order valence-electron chi connectivity index (χ0n) is 18.9. The van der Waals surface area contributed by atoms with Gasteiger partial charge in [-0.25, -0.2) is 9.97 Å². The van der Waals surface area contributed by atoms with Crippen molar-refractivity contribution in [3.8, 4) is 0 Å². The van der Waals surface area contributed by atoms with Gasteiger partial charge in [0.1, 0.15) is 12.4 Å². The van der Waals surface area contributed by atoms with Gasteiger partial charge in [-0.3, -0.25) is 4.79 Å². The van der Waals surface area contributed by atoms with E-state index in [4.69, 9.17) is 4.74 Å². The number of carbonyl (C=O) groups is 1. The second-order valence-electron chi connectivity index (χ2n) is 9.11. The number of benzene rings is 2. The van der Waals surface area contributed by atoms with Crippen molar-refractivity contribution >= 4 is 17.3 Å². The molecule has 2 aromatic carbocycles. The summed E-state index contributed by atoms with van der Waals surface area (Å²) in [6.45, 7) is 10.4. The molecule has 0 fully saturated rings. The standard InChI is InChI=1S/C26H31N3O2/c1-18(2)23(20-15-27-25(28-16-20)26(3,4)5)24(30)31-17-19-10-9-13-22(14-19)29-21-11-7-6-8-12-21/h6-16,18,23,29H,17H2,1-5H3. The highest BCUT2D eigenvalue weighted by molar-refractivity contribution is 5.78. The fraction of sp³-hybridized carbons (Fsp3) is 0.346. The van der Waals surface area contributed by atoms with Gasteiger partial charge in [0.2, 0.25) is 0 Å². The Kier molecular flexibility index (Phi) is 7.06. The van der Waals surface area contributed by atoms with Crippen molar-refractivity contribution in [2.75, 3.05) is 5.32 Å². The van der Waals surface area contributed by atoms with Gasteiger partial charge in [-0.2, -0.15) is 0 Å². The highest BCUT2D eigenvalue weighted by Gasteiger charge is 2.27. The third-order valence-electron chi connectivity index (χ3n) is 4.99. The van der Waals surface area contributed by atoms with Crippen LogP contribution in [0.25, 0.3) is 0 Å². The summed E-state index contributed by atoms with van der Waals surface area (Å²) >= 11 is 0. The molecule has 1 atom stereocenters. The van der Waals surface area contributed by atoms with Crippen LogP contribution in [0.1, 0.15) is 57.5 Å². The molecule has 5 nitrogen and oxygen atoms in total. The van der Waals surface area contributed by atoms with Crippen LogP contribution in [0.5, 0.6) is 0 Å². The zero-order valence-corrected chi connectivity index (χ0v) is 18.9. The largest absolute Gasteiger partial charge is 0.460 e. The molecule has 0 aliphatic heterocycles. The van der Waals surface area contributed by atoms with Gasteiger partial charge in [0, 0.05) is 34.7 Å². The number of esters is 1. The first kappa shape index (κ1) is 22.5. The van der Waals surface area contributed by atoms with Crippen LogP contribution in [0.15, 0.2) is 67.0 Å². The summed E-state index contributed by atoms with van der Waals surface area (Å²) in [5.41, 5.74) is 3.54. The number of anilines is 2. The molecule has 3 aromatic rings. The Balaban J connectivity index is 1.67. The SMILES string of the molecule is CC(C)C(C(=O)OCc1cccc(Nc2ccccc2)c1)c1cnc(C(C)(C)C)nc1. The number of hydrogen-bond donors (Lipinski definition) is 1. The molecule has 1 unspecified atom stereocenters. The lowest BCUT2D eigenvalue weighted by Crippen LogP contribution is -2.22. The Bertz CT molecular complexity index is 993. The van der Waals surface area contributed by atoms with E-state index in [1.165, 1.54) is 0 Å². The lowest BCUT2D eigenvalue weighted by Gasteiger charge is -2.21. The first-order valence-corrected chi connectivity index (χ1v) is 10.6. The van der Waals surface area contributed by atoms with Gasteiger partial charge < -0.3 is 10.1 Å². The maximum atomic E-state index is 12.9. The van der Waals surface area contributed by atoms with E-state index in [9.17, 15) is 4.79 Å². The normalized spacial score (nSPS) is 12.5. The first-order valence-electron chi connectivity index (χ1n) is 10.6. The van der Waals surface area contributed by atoms with Crippen molar-refractivity contribution in [3.05, 3.63) is 83.9 Å². The maximum absolute atomic E-state index is 12.9. The monoisotopic (exact) mass is 417 g/mol. The van der Waals surface area contributed by atoms with Crippen LogP contribution in [0.3, 0.4) is 0 Å². The molecule has 0 saturated heterocycles. The number of nitrogens with one attached hydrogen (secondary N) is 1. The van der Waals surface area contributed by atoms with E-state index in [-0.39, 0.29) is 23.9 Å². The number of para-hydroxylation sites is 1. The molecule has 3 rings (SSSR count). The van der Waals surface area contributed by atoms with Crippen molar-refractivity contribution in [2.24, 2.45) is 5.92 Å². The van der Waals surface area contributed by atoms with Gasteiger partial charge in [0.15, 0.2) is 0 Å². The molecule has 1 heterocycles. The highest BCUT2D eigenvalue weighted by atomic mass is 16.5. The summed E-state index contributed by atoms with van der Waals surface area (Å²) in [5, 5.41) is 3.36. The Morgan fingerprint density at radius 2 is 1.61 bits per heavy atom. The smallest absolute Gasteiger partial charge is 0.314 e. The Morgan fingerprint density at radius 3 is 2.23 bits per heavy atom. The highest BCUT2D eigenvalue weighted by Crippen LogP contribution is 2.27. The van der Waals surface area contributed by atoms with Gasteiger partial charge in [0.05, 0.1) is 5.92 Å². The van der Waals surface area contributed by atoms with Crippen molar-refractivity contribution in [1.82, 2.24) is 9.97 Å². The summed E-state index contributed by atoms with van der Waals surface area (Å²) < 4.78 is 5.69. The molecule has 31 heavy (non-hydrogen) atoms. The van der Waals surface area contributed by atoms with Crippen molar-refractivity contribution in [2.45, 2.75) is 52.6 Å². The van der Waals surface area contributed by atoms with Crippen LogP contribution in [0.2, 0.25) is 0 Å². The summed E-state index contributed by atoms with van der Waals surface area (Å²) in [7, 11) is 0. The predicted molar refractivity (Wildman–Crippen MR) is 124 cm³/mol. The topological polar surface area (TPSA) is 64.1 Å². The van der Waals surface area contributed by atoms with Gasteiger partial charge in [-0.15, -0.1) is 0 Å². The lowest BCUT2D eigenvalue weighted by atomic mass is 9.89. The van der Waals surface area contributed by atoms with E-state index in [0.29, 0.717) is 0 Å². The molecule has 0 radical (unpaired) electrons. The van der Waals surface area contributed by atoms with E-state index < -0.39 is 5.92 Å². The van der Waals surface area contributed by atoms with Gasteiger partial charge >= 0.3 is 5.97 Å². The minimum absolute atomic E-state index is 0.0719. The Hall–Kier alpha value is -3.21. The average Bonchev–Trinajstić information content (AvgIpc) is 2.73. The molecule has 0 spiro atoms. The molecular weight excluding hydrogens is 386 g/mol. The number of nitrogens with zero attached hydrogens (tertiary/aromatic N) is 2. The van der Waals surface area contributed by atoms with E-state index in [0.717, 1.165) is 28.3 Å². The lowest BCUT2D eigenvalue weighted by molar-refractivity contribution is -0.148. The Labute approximate surface area is 184 Å². The molecule has 0 amide bonds. The minimum Gasteiger partial charge on any atom is -0.460 e. The summed E-state index contributed by atoms with van der Waals surface area (Å²) in [5.74, 6) is 0.167. The molecule has 0 saturated carbocycles. The zero-order chi connectivity index (χ0) is 22.4. The van der Waals surface area contributed by atoms with Crippen molar-refractivity contribution < 1.29 is 9.53 Å². The molecule has 1 aromatic heterocycles. The van der Waals surface area contributed by atoms with E-state index in [1.54, 1.807) is 12.4 Å². The average molecular weight is 418 g/mol. The summed E-state index contributed by atoms with van der Waals surface area (Å²) in [4.78, 5) is 21.9. The van der Waals surface area contributed by atoms with E-state index in [2.05, 4.69) is 36.1 Å². The molecule has 0 bridgehead atoms. The number of rotatable bonds is 7. The molecule has 1 N–H and O–H groups in total. The first-order chi connectivity index (χ1) is 14.7. The fourth-order valence-electron chi connectivity index (χ4n) is 3.35. The van der Waals surface area contributed by atoms with Crippen LogP contribution in [0, 0.1) is 5.92 Å². The summed E-state index contributed by atoms with van der Waals surface area (Å²) in [6.07, 6.45) is 3.51.